The molecular formula is C17H33NS2. The van der Waals surface area contributed by atoms with Crippen LogP contribution in [-0.4, -0.2) is 34.6 Å². The van der Waals surface area contributed by atoms with Crippen molar-refractivity contribution < 1.29 is 0 Å². The van der Waals surface area contributed by atoms with E-state index < -0.39 is 0 Å². The summed E-state index contributed by atoms with van der Waals surface area (Å²) in [5.74, 6) is 3.67. The van der Waals surface area contributed by atoms with Gasteiger partial charge in [0, 0.05) is 28.0 Å². The fraction of sp³-hybridized carbons (Fsp3) is 1.00. The molecule has 3 atom stereocenters. The molecule has 1 N–H and O–H groups in total. The molecule has 1 saturated heterocycles. The summed E-state index contributed by atoms with van der Waals surface area (Å²) in [6.07, 6.45) is 11.4. The quantitative estimate of drug-likeness (QED) is 0.696. The average Bonchev–Trinajstić information content (AvgIpc) is 2.77. The third-order valence-corrected chi connectivity index (χ3v) is 8.26. The molecule has 0 aromatic rings. The lowest BCUT2D eigenvalue weighted by atomic mass is 9.88. The highest BCUT2D eigenvalue weighted by atomic mass is 32.2. The second-order valence-corrected chi connectivity index (χ2v) is 9.02. The SMILES string of the molecule is CCCNC(C1CCCCCC1)C1SCCSC1CC. The van der Waals surface area contributed by atoms with Crippen molar-refractivity contribution in [1.82, 2.24) is 5.32 Å². The Morgan fingerprint density at radius 1 is 1.00 bits per heavy atom. The molecule has 0 bridgehead atoms. The monoisotopic (exact) mass is 315 g/mol. The van der Waals surface area contributed by atoms with Gasteiger partial charge in [-0.15, -0.1) is 0 Å². The van der Waals surface area contributed by atoms with Gasteiger partial charge >= 0.3 is 0 Å². The van der Waals surface area contributed by atoms with Crippen LogP contribution in [0.1, 0.15) is 65.2 Å². The number of rotatable bonds is 6. The summed E-state index contributed by atoms with van der Waals surface area (Å²) >= 11 is 4.51. The number of nitrogens with one attached hydrogen (secondary N) is 1. The lowest BCUT2D eigenvalue weighted by molar-refractivity contribution is 0.308. The van der Waals surface area contributed by atoms with Gasteiger partial charge in [-0.1, -0.05) is 39.5 Å². The van der Waals surface area contributed by atoms with Crippen LogP contribution in [0, 0.1) is 5.92 Å². The molecule has 1 saturated carbocycles. The molecule has 118 valence electrons. The Bertz CT molecular complexity index is 251. The van der Waals surface area contributed by atoms with E-state index in [0.29, 0.717) is 0 Å². The zero-order valence-corrected chi connectivity index (χ0v) is 15.0. The molecular weight excluding hydrogens is 282 g/mol. The Morgan fingerprint density at radius 2 is 1.70 bits per heavy atom. The standard InChI is InChI=1S/C17H33NS2/c1-3-11-18-16(14-9-7-5-6-8-10-14)17-15(4-2)19-12-13-20-17/h14-18H,3-13H2,1-2H3. The minimum absolute atomic E-state index is 0.774. The lowest BCUT2D eigenvalue weighted by Crippen LogP contribution is -2.49. The zero-order valence-electron chi connectivity index (χ0n) is 13.4. The predicted molar refractivity (Wildman–Crippen MR) is 96.1 cm³/mol. The molecule has 3 heteroatoms. The summed E-state index contributed by atoms with van der Waals surface area (Å²) in [6.45, 7) is 5.90. The number of thioether (sulfide) groups is 2. The van der Waals surface area contributed by atoms with Crippen LogP contribution in [0.4, 0.5) is 0 Å². The van der Waals surface area contributed by atoms with E-state index in [-0.39, 0.29) is 0 Å². The molecule has 0 spiro atoms. The molecule has 0 radical (unpaired) electrons. The van der Waals surface area contributed by atoms with Crippen LogP contribution in [0.25, 0.3) is 0 Å². The highest BCUT2D eigenvalue weighted by Crippen LogP contribution is 2.39. The van der Waals surface area contributed by atoms with Crippen molar-refractivity contribution in [3.05, 3.63) is 0 Å². The van der Waals surface area contributed by atoms with Gasteiger partial charge in [0.15, 0.2) is 0 Å². The summed E-state index contributed by atoms with van der Waals surface area (Å²) in [5, 5.41) is 5.70. The molecule has 0 aromatic heterocycles. The Hall–Kier alpha value is 0.660. The van der Waals surface area contributed by atoms with Crippen molar-refractivity contribution >= 4 is 23.5 Å². The van der Waals surface area contributed by atoms with E-state index in [1.807, 2.05) is 0 Å². The fourth-order valence-corrected chi connectivity index (χ4v) is 7.15. The number of hydrogen-bond donors (Lipinski definition) is 1. The highest BCUT2D eigenvalue weighted by Gasteiger charge is 2.36. The van der Waals surface area contributed by atoms with Crippen molar-refractivity contribution in [3.63, 3.8) is 0 Å². The maximum atomic E-state index is 3.97. The molecule has 0 amide bonds. The van der Waals surface area contributed by atoms with Crippen LogP contribution in [0.15, 0.2) is 0 Å². The Morgan fingerprint density at radius 3 is 2.35 bits per heavy atom. The third kappa shape index (κ3) is 4.84. The lowest BCUT2D eigenvalue weighted by Gasteiger charge is -2.40. The van der Waals surface area contributed by atoms with Crippen molar-refractivity contribution in [3.8, 4) is 0 Å². The number of hydrogen-bond acceptors (Lipinski definition) is 3. The maximum absolute atomic E-state index is 3.97. The zero-order chi connectivity index (χ0) is 14.2. The molecule has 1 aliphatic heterocycles. The first-order valence-corrected chi connectivity index (χ1v) is 10.9. The third-order valence-electron chi connectivity index (χ3n) is 4.89. The van der Waals surface area contributed by atoms with E-state index in [0.717, 1.165) is 22.5 Å². The average molecular weight is 316 g/mol. The van der Waals surface area contributed by atoms with Gasteiger partial charge in [0.2, 0.25) is 0 Å². The molecule has 2 rings (SSSR count). The van der Waals surface area contributed by atoms with Crippen molar-refractivity contribution in [1.29, 1.82) is 0 Å². The first kappa shape index (κ1) is 17.0. The van der Waals surface area contributed by atoms with E-state index >= 15 is 0 Å². The van der Waals surface area contributed by atoms with E-state index in [1.165, 1.54) is 69.4 Å². The van der Waals surface area contributed by atoms with Gasteiger partial charge in [0.05, 0.1) is 0 Å². The van der Waals surface area contributed by atoms with Crippen molar-refractivity contribution in [2.24, 2.45) is 5.92 Å². The van der Waals surface area contributed by atoms with Gasteiger partial charge in [-0.2, -0.15) is 23.5 Å². The van der Waals surface area contributed by atoms with Crippen LogP contribution in [0.5, 0.6) is 0 Å². The Labute approximate surface area is 134 Å². The Balaban J connectivity index is 2.03. The molecule has 1 nitrogen and oxygen atoms in total. The molecule has 20 heavy (non-hydrogen) atoms. The van der Waals surface area contributed by atoms with E-state index in [2.05, 4.69) is 42.7 Å². The normalized spacial score (nSPS) is 30.9. The molecule has 3 unspecified atom stereocenters. The first-order valence-electron chi connectivity index (χ1n) is 8.83. The molecule has 1 aliphatic carbocycles. The summed E-state index contributed by atoms with van der Waals surface area (Å²) in [4.78, 5) is 0. The molecule has 2 fully saturated rings. The van der Waals surface area contributed by atoms with E-state index in [4.69, 9.17) is 0 Å². The molecule has 2 aliphatic rings. The van der Waals surface area contributed by atoms with Crippen LogP contribution >= 0.6 is 23.5 Å². The minimum Gasteiger partial charge on any atom is -0.313 e. The maximum Gasteiger partial charge on any atom is 0.0322 e. The van der Waals surface area contributed by atoms with Gasteiger partial charge in [0.1, 0.15) is 0 Å². The van der Waals surface area contributed by atoms with Crippen molar-refractivity contribution in [2.45, 2.75) is 81.8 Å². The summed E-state index contributed by atoms with van der Waals surface area (Å²) in [6, 6.07) is 0.774. The predicted octanol–water partition coefficient (Wildman–Crippen LogP) is 4.95. The molecule has 1 heterocycles. The van der Waals surface area contributed by atoms with Crippen LogP contribution < -0.4 is 5.32 Å². The van der Waals surface area contributed by atoms with Crippen LogP contribution in [0.2, 0.25) is 0 Å². The van der Waals surface area contributed by atoms with Gasteiger partial charge in [-0.25, -0.2) is 0 Å². The minimum atomic E-state index is 0.774. The van der Waals surface area contributed by atoms with E-state index in [9.17, 15) is 0 Å². The van der Waals surface area contributed by atoms with Gasteiger partial charge in [0.25, 0.3) is 0 Å². The largest absolute Gasteiger partial charge is 0.313 e. The van der Waals surface area contributed by atoms with Crippen LogP contribution in [0.3, 0.4) is 0 Å². The summed E-state index contributed by atoms with van der Waals surface area (Å²) in [7, 11) is 0. The topological polar surface area (TPSA) is 12.0 Å². The van der Waals surface area contributed by atoms with Crippen LogP contribution in [-0.2, 0) is 0 Å². The fourth-order valence-electron chi connectivity index (χ4n) is 3.80. The Kier molecular flexibility index (Phi) is 8.20. The second-order valence-electron chi connectivity index (χ2n) is 6.38. The van der Waals surface area contributed by atoms with Gasteiger partial charge in [-0.3, -0.25) is 0 Å². The molecule has 0 aromatic carbocycles. The van der Waals surface area contributed by atoms with Gasteiger partial charge < -0.3 is 5.32 Å². The smallest absolute Gasteiger partial charge is 0.0322 e. The summed E-state index contributed by atoms with van der Waals surface area (Å²) < 4.78 is 0. The highest BCUT2D eigenvalue weighted by molar-refractivity contribution is 8.07. The second kappa shape index (κ2) is 9.63. The van der Waals surface area contributed by atoms with Gasteiger partial charge in [-0.05, 0) is 38.1 Å². The van der Waals surface area contributed by atoms with Crippen molar-refractivity contribution in [2.75, 3.05) is 18.1 Å². The first-order chi connectivity index (χ1) is 9.86. The summed E-state index contributed by atoms with van der Waals surface area (Å²) in [5.41, 5.74) is 0. The van der Waals surface area contributed by atoms with E-state index in [1.54, 1.807) is 0 Å².